The summed E-state index contributed by atoms with van der Waals surface area (Å²) in [5.74, 6) is -0.884. The topological polar surface area (TPSA) is 88.5 Å². The van der Waals surface area contributed by atoms with Gasteiger partial charge in [-0.2, -0.15) is 0 Å². The molecule has 0 bridgehead atoms. The summed E-state index contributed by atoms with van der Waals surface area (Å²) >= 11 is 1.19. The van der Waals surface area contributed by atoms with Crippen LogP contribution in [0.25, 0.3) is 0 Å². The minimum atomic E-state index is -0.590. The number of nitrogens with one attached hydrogen (secondary N) is 1. The molecule has 0 spiro atoms. The number of aliphatic hydroxyl groups is 1. The minimum Gasteiger partial charge on any atom is -0.466 e. The van der Waals surface area contributed by atoms with Crippen molar-refractivity contribution in [2.45, 2.75) is 13.3 Å². The lowest BCUT2D eigenvalue weighted by molar-refractivity contribution is -0.142. The van der Waals surface area contributed by atoms with Gasteiger partial charge in [-0.3, -0.25) is 14.9 Å². The number of rotatable bonds is 5. The van der Waals surface area contributed by atoms with Crippen LogP contribution >= 0.6 is 11.3 Å². The van der Waals surface area contributed by atoms with E-state index in [1.54, 1.807) is 12.3 Å². The fourth-order valence-corrected chi connectivity index (χ4v) is 1.69. The third-order valence-electron chi connectivity index (χ3n) is 1.57. The molecule has 0 radical (unpaired) electrons. The van der Waals surface area contributed by atoms with Gasteiger partial charge < -0.3 is 9.84 Å². The zero-order valence-corrected chi connectivity index (χ0v) is 9.54. The number of aromatic nitrogens is 1. The van der Waals surface area contributed by atoms with Crippen molar-refractivity contribution >= 4 is 28.3 Å². The number of esters is 1. The summed E-state index contributed by atoms with van der Waals surface area (Å²) in [6, 6.07) is 0. The molecular weight excluding hydrogens is 232 g/mol. The number of anilines is 1. The zero-order valence-electron chi connectivity index (χ0n) is 8.73. The average Bonchev–Trinajstić information content (AvgIpc) is 2.65. The van der Waals surface area contributed by atoms with Gasteiger partial charge in [-0.15, -0.1) is 11.3 Å². The molecule has 0 unspecified atom stereocenters. The molecular formula is C9H12N2O4S. The Labute approximate surface area is 96.3 Å². The minimum absolute atomic E-state index is 0.0827. The molecule has 1 heterocycles. The zero-order chi connectivity index (χ0) is 12.0. The van der Waals surface area contributed by atoms with Gasteiger partial charge in [-0.1, -0.05) is 0 Å². The first-order chi connectivity index (χ1) is 7.65. The summed E-state index contributed by atoms with van der Waals surface area (Å²) in [6.45, 7) is 1.47. The summed E-state index contributed by atoms with van der Waals surface area (Å²) in [6.07, 6.45) is 0.0827. The lowest BCUT2D eigenvalue weighted by atomic mass is 10.3. The van der Waals surface area contributed by atoms with Gasteiger partial charge in [0, 0.05) is 5.38 Å². The second-order valence-corrected chi connectivity index (χ2v) is 3.69. The van der Waals surface area contributed by atoms with Gasteiger partial charge in [0.05, 0.1) is 18.7 Å². The Morgan fingerprint density at radius 3 is 3.00 bits per heavy atom. The third kappa shape index (κ3) is 3.95. The highest BCUT2D eigenvalue weighted by molar-refractivity contribution is 7.13. The SMILES string of the molecule is CCOC(=O)Cc1csc(NC(=O)CO)n1. The lowest BCUT2D eigenvalue weighted by Gasteiger charge is -1.98. The quantitative estimate of drug-likeness (QED) is 0.721. The predicted octanol–water partition coefficient (Wildman–Crippen LogP) is 0.180. The highest BCUT2D eigenvalue weighted by Crippen LogP contribution is 2.15. The number of hydrogen-bond donors (Lipinski definition) is 2. The monoisotopic (exact) mass is 244 g/mol. The van der Waals surface area contributed by atoms with Crippen LogP contribution in [-0.4, -0.2) is 35.2 Å². The molecule has 0 atom stereocenters. The Balaban J connectivity index is 2.51. The molecule has 88 valence electrons. The molecule has 1 aromatic heterocycles. The van der Waals surface area contributed by atoms with Gasteiger partial charge in [-0.05, 0) is 6.92 Å². The van der Waals surface area contributed by atoms with Gasteiger partial charge in [0.2, 0.25) is 0 Å². The fourth-order valence-electron chi connectivity index (χ4n) is 0.964. The van der Waals surface area contributed by atoms with Gasteiger partial charge in [-0.25, -0.2) is 4.98 Å². The molecule has 0 aliphatic heterocycles. The second-order valence-electron chi connectivity index (χ2n) is 2.83. The first-order valence-electron chi connectivity index (χ1n) is 4.66. The summed E-state index contributed by atoms with van der Waals surface area (Å²) in [7, 11) is 0. The molecule has 7 heteroatoms. The van der Waals surface area contributed by atoms with Crippen molar-refractivity contribution in [3.63, 3.8) is 0 Å². The number of thiazole rings is 1. The van der Waals surface area contributed by atoms with E-state index < -0.39 is 12.5 Å². The van der Waals surface area contributed by atoms with Crippen molar-refractivity contribution in [2.75, 3.05) is 18.5 Å². The number of nitrogens with zero attached hydrogens (tertiary/aromatic N) is 1. The molecule has 0 saturated carbocycles. The van der Waals surface area contributed by atoms with Crippen LogP contribution in [-0.2, 0) is 20.7 Å². The molecule has 16 heavy (non-hydrogen) atoms. The standard InChI is InChI=1S/C9H12N2O4S/c1-2-15-8(14)3-6-5-16-9(10-6)11-7(13)4-12/h5,12H,2-4H2,1H3,(H,10,11,13). The Bertz CT molecular complexity index is 377. The Morgan fingerprint density at radius 1 is 1.62 bits per heavy atom. The number of carbonyl (C=O) groups is 2. The largest absolute Gasteiger partial charge is 0.466 e. The Kier molecular flexibility index (Phi) is 4.87. The predicted molar refractivity (Wildman–Crippen MR) is 58.2 cm³/mol. The molecule has 1 amide bonds. The third-order valence-corrected chi connectivity index (χ3v) is 2.38. The van der Waals surface area contributed by atoms with Crippen LogP contribution in [0.5, 0.6) is 0 Å². The highest BCUT2D eigenvalue weighted by atomic mass is 32.1. The normalized spacial score (nSPS) is 9.88. The summed E-state index contributed by atoms with van der Waals surface area (Å²) in [5, 5.41) is 12.9. The van der Waals surface area contributed by atoms with Crippen molar-refractivity contribution < 1.29 is 19.4 Å². The number of hydrogen-bond acceptors (Lipinski definition) is 6. The van der Waals surface area contributed by atoms with E-state index in [9.17, 15) is 9.59 Å². The Hall–Kier alpha value is -1.47. The maximum Gasteiger partial charge on any atom is 0.311 e. The molecule has 1 rings (SSSR count). The number of ether oxygens (including phenoxy) is 1. The smallest absolute Gasteiger partial charge is 0.311 e. The van der Waals surface area contributed by atoms with E-state index >= 15 is 0 Å². The van der Waals surface area contributed by atoms with Crippen molar-refractivity contribution in [2.24, 2.45) is 0 Å². The van der Waals surface area contributed by atoms with Crippen LogP contribution in [0.1, 0.15) is 12.6 Å². The summed E-state index contributed by atoms with van der Waals surface area (Å²) in [5.41, 5.74) is 0.539. The van der Waals surface area contributed by atoms with Crippen LogP contribution in [0, 0.1) is 0 Å². The van der Waals surface area contributed by atoms with Crippen LogP contribution < -0.4 is 5.32 Å². The van der Waals surface area contributed by atoms with Crippen LogP contribution in [0.15, 0.2) is 5.38 Å². The van der Waals surface area contributed by atoms with E-state index in [-0.39, 0.29) is 12.4 Å². The lowest BCUT2D eigenvalue weighted by Crippen LogP contribution is -2.15. The first kappa shape index (κ1) is 12.6. The van der Waals surface area contributed by atoms with E-state index in [2.05, 4.69) is 10.3 Å². The van der Waals surface area contributed by atoms with Crippen LogP contribution in [0.3, 0.4) is 0 Å². The van der Waals surface area contributed by atoms with Gasteiger partial charge in [0.25, 0.3) is 5.91 Å². The van der Waals surface area contributed by atoms with Gasteiger partial charge >= 0.3 is 5.97 Å². The number of carbonyl (C=O) groups excluding carboxylic acids is 2. The molecule has 1 aromatic rings. The Morgan fingerprint density at radius 2 is 2.38 bits per heavy atom. The first-order valence-corrected chi connectivity index (χ1v) is 5.54. The molecule has 0 aliphatic carbocycles. The molecule has 0 saturated heterocycles. The van der Waals surface area contributed by atoms with Crippen molar-refractivity contribution in [3.05, 3.63) is 11.1 Å². The second kappa shape index (κ2) is 6.19. The number of amides is 1. The highest BCUT2D eigenvalue weighted by Gasteiger charge is 2.09. The molecule has 2 N–H and O–H groups in total. The van der Waals surface area contributed by atoms with Crippen molar-refractivity contribution in [3.8, 4) is 0 Å². The molecule has 0 aliphatic rings. The molecule has 6 nitrogen and oxygen atoms in total. The maximum atomic E-state index is 11.1. The molecule has 0 aromatic carbocycles. The van der Waals surface area contributed by atoms with Gasteiger partial charge in [0.1, 0.15) is 6.61 Å². The van der Waals surface area contributed by atoms with Crippen LogP contribution in [0.2, 0.25) is 0 Å². The van der Waals surface area contributed by atoms with E-state index in [4.69, 9.17) is 9.84 Å². The fraction of sp³-hybridized carbons (Fsp3) is 0.444. The van der Waals surface area contributed by atoms with E-state index in [1.807, 2.05) is 0 Å². The van der Waals surface area contributed by atoms with E-state index in [1.165, 1.54) is 11.3 Å². The maximum absolute atomic E-state index is 11.1. The van der Waals surface area contributed by atoms with Crippen LogP contribution in [0.4, 0.5) is 5.13 Å². The number of aliphatic hydroxyl groups excluding tert-OH is 1. The van der Waals surface area contributed by atoms with Crippen molar-refractivity contribution in [1.82, 2.24) is 4.98 Å². The van der Waals surface area contributed by atoms with E-state index in [0.29, 0.717) is 17.4 Å². The average molecular weight is 244 g/mol. The van der Waals surface area contributed by atoms with Crippen molar-refractivity contribution in [1.29, 1.82) is 0 Å². The summed E-state index contributed by atoms with van der Waals surface area (Å²) < 4.78 is 4.76. The van der Waals surface area contributed by atoms with E-state index in [0.717, 1.165) is 0 Å². The summed E-state index contributed by atoms with van der Waals surface area (Å²) in [4.78, 5) is 25.9. The van der Waals surface area contributed by atoms with Gasteiger partial charge in [0.15, 0.2) is 5.13 Å². The molecule has 0 fully saturated rings.